The fourth-order valence-electron chi connectivity index (χ4n) is 2.52. The van der Waals surface area contributed by atoms with Gasteiger partial charge in [0.1, 0.15) is 5.82 Å². The second-order valence-electron chi connectivity index (χ2n) is 5.85. The summed E-state index contributed by atoms with van der Waals surface area (Å²) < 4.78 is 38.8. The monoisotopic (exact) mass is 393 g/mol. The first-order chi connectivity index (χ1) is 12.7. The number of carbonyl (C=O) groups excluding carboxylic acids is 2. The number of para-hydroxylation sites is 2. The molecule has 2 aromatic rings. The van der Waals surface area contributed by atoms with Crippen LogP contribution in [0, 0.1) is 5.82 Å². The molecule has 0 aromatic heterocycles. The van der Waals surface area contributed by atoms with Crippen molar-refractivity contribution in [2.45, 2.75) is 12.8 Å². The van der Waals surface area contributed by atoms with E-state index >= 15 is 0 Å². The summed E-state index contributed by atoms with van der Waals surface area (Å²) in [6.07, 6.45) is 1.11. The van der Waals surface area contributed by atoms with Crippen molar-refractivity contribution in [3.8, 4) is 0 Å². The first-order valence-electron chi connectivity index (χ1n) is 8.11. The fraction of sp³-hybridized carbons (Fsp3) is 0.222. The van der Waals surface area contributed by atoms with Gasteiger partial charge in [-0.2, -0.15) is 0 Å². The van der Waals surface area contributed by atoms with Crippen LogP contribution < -0.4 is 15.4 Å². The van der Waals surface area contributed by atoms with Crippen molar-refractivity contribution in [1.29, 1.82) is 0 Å². The summed E-state index contributed by atoms with van der Waals surface area (Å²) in [6.45, 7) is -0.0648. The molecule has 0 saturated heterocycles. The highest BCUT2D eigenvalue weighted by Crippen LogP contribution is 2.22. The number of hydrogen-bond acceptors (Lipinski definition) is 4. The molecule has 2 amide bonds. The Morgan fingerprint density at radius 3 is 2.37 bits per heavy atom. The molecule has 0 heterocycles. The van der Waals surface area contributed by atoms with Crippen molar-refractivity contribution in [3.63, 3.8) is 0 Å². The van der Waals surface area contributed by atoms with Crippen LogP contribution in [0.15, 0.2) is 48.5 Å². The van der Waals surface area contributed by atoms with Crippen molar-refractivity contribution in [2.24, 2.45) is 5.73 Å². The zero-order valence-corrected chi connectivity index (χ0v) is 15.5. The molecule has 3 N–H and O–H groups in total. The lowest BCUT2D eigenvalue weighted by molar-refractivity contribution is -0.116. The molecule has 7 nitrogen and oxygen atoms in total. The maximum Gasteiger partial charge on any atom is 0.250 e. The number of rotatable bonds is 8. The van der Waals surface area contributed by atoms with Crippen LogP contribution in [0.1, 0.15) is 23.2 Å². The summed E-state index contributed by atoms with van der Waals surface area (Å²) in [6, 6.07) is 11.8. The minimum absolute atomic E-state index is 0.0203. The van der Waals surface area contributed by atoms with Gasteiger partial charge in [-0.1, -0.05) is 24.3 Å². The molecule has 0 fully saturated rings. The minimum Gasteiger partial charge on any atom is -0.366 e. The van der Waals surface area contributed by atoms with E-state index in [1.807, 2.05) is 0 Å². The second kappa shape index (κ2) is 8.63. The highest BCUT2D eigenvalue weighted by Gasteiger charge is 2.20. The molecular formula is C18H20FN3O4S. The van der Waals surface area contributed by atoms with Gasteiger partial charge in [0, 0.05) is 13.0 Å². The first-order valence-corrected chi connectivity index (χ1v) is 9.96. The predicted molar refractivity (Wildman–Crippen MR) is 101 cm³/mol. The van der Waals surface area contributed by atoms with E-state index in [1.165, 1.54) is 30.3 Å². The van der Waals surface area contributed by atoms with Crippen molar-refractivity contribution in [1.82, 2.24) is 0 Å². The van der Waals surface area contributed by atoms with Crippen LogP contribution in [0.5, 0.6) is 0 Å². The Kier molecular flexibility index (Phi) is 6.51. The Balaban J connectivity index is 2.02. The standard InChI is InChI=1S/C18H20FN3O4S/c1-27(25,26)22(16-10-5-3-8-14(16)19)12-6-11-17(23)21-15-9-4-2-7-13(15)18(20)24/h2-5,7-10H,6,11-12H2,1H3,(H2,20,24)(H,21,23). The van der Waals surface area contributed by atoms with Gasteiger partial charge in [-0.25, -0.2) is 12.8 Å². The highest BCUT2D eigenvalue weighted by molar-refractivity contribution is 7.92. The van der Waals surface area contributed by atoms with Gasteiger partial charge in [-0.15, -0.1) is 0 Å². The molecule has 0 aliphatic heterocycles. The van der Waals surface area contributed by atoms with E-state index in [0.29, 0.717) is 0 Å². The number of nitrogens with zero attached hydrogens (tertiary/aromatic N) is 1. The van der Waals surface area contributed by atoms with Crippen LogP contribution in [0.2, 0.25) is 0 Å². The normalized spacial score (nSPS) is 11.0. The number of halogens is 1. The summed E-state index contributed by atoms with van der Waals surface area (Å²) in [4.78, 5) is 23.5. The molecule has 0 aliphatic rings. The summed E-state index contributed by atoms with van der Waals surface area (Å²) in [5.74, 6) is -1.75. The molecule has 9 heteroatoms. The molecule has 0 radical (unpaired) electrons. The Morgan fingerprint density at radius 2 is 1.74 bits per heavy atom. The van der Waals surface area contributed by atoms with Gasteiger partial charge in [0.2, 0.25) is 15.9 Å². The van der Waals surface area contributed by atoms with Crippen LogP contribution in [-0.2, 0) is 14.8 Å². The van der Waals surface area contributed by atoms with E-state index in [2.05, 4.69) is 5.32 Å². The number of nitrogens with two attached hydrogens (primary N) is 1. The van der Waals surface area contributed by atoms with Gasteiger partial charge in [-0.3, -0.25) is 13.9 Å². The van der Waals surface area contributed by atoms with Crippen molar-refractivity contribution >= 4 is 33.2 Å². The van der Waals surface area contributed by atoms with Gasteiger partial charge in [-0.05, 0) is 30.7 Å². The van der Waals surface area contributed by atoms with Gasteiger partial charge >= 0.3 is 0 Å². The molecule has 0 aliphatic carbocycles. The van der Waals surface area contributed by atoms with Crippen molar-refractivity contribution in [3.05, 3.63) is 59.9 Å². The average Bonchev–Trinajstić information content (AvgIpc) is 2.59. The number of anilines is 2. The fourth-order valence-corrected chi connectivity index (χ4v) is 3.49. The topological polar surface area (TPSA) is 110 Å². The lowest BCUT2D eigenvalue weighted by Crippen LogP contribution is -2.32. The predicted octanol–water partition coefficient (Wildman–Crippen LogP) is 2.11. The molecule has 0 unspecified atom stereocenters. The molecule has 2 rings (SSSR count). The maximum absolute atomic E-state index is 13.9. The Hall–Kier alpha value is -2.94. The Labute approximate surface area is 157 Å². The molecule has 0 atom stereocenters. The molecular weight excluding hydrogens is 373 g/mol. The van der Waals surface area contributed by atoms with Crippen molar-refractivity contribution < 1.29 is 22.4 Å². The zero-order chi connectivity index (χ0) is 20.0. The number of benzene rings is 2. The lowest BCUT2D eigenvalue weighted by Gasteiger charge is -2.22. The summed E-state index contributed by atoms with van der Waals surface area (Å²) in [7, 11) is -3.71. The second-order valence-corrected chi connectivity index (χ2v) is 7.75. The van der Waals surface area contributed by atoms with Gasteiger partial charge < -0.3 is 11.1 Å². The van der Waals surface area contributed by atoms with Crippen LogP contribution in [0.25, 0.3) is 0 Å². The number of nitrogens with one attached hydrogen (secondary N) is 1. The van der Waals surface area contributed by atoms with Gasteiger partial charge in [0.05, 0.1) is 23.2 Å². The third-order valence-electron chi connectivity index (χ3n) is 3.75. The molecule has 0 spiro atoms. The lowest BCUT2D eigenvalue weighted by atomic mass is 10.1. The van der Waals surface area contributed by atoms with E-state index in [4.69, 9.17) is 5.73 Å². The van der Waals surface area contributed by atoms with E-state index in [0.717, 1.165) is 10.6 Å². The van der Waals surface area contributed by atoms with Crippen LogP contribution in [0.4, 0.5) is 15.8 Å². The number of sulfonamides is 1. The van der Waals surface area contributed by atoms with Crippen molar-refractivity contribution in [2.75, 3.05) is 22.4 Å². The quantitative estimate of drug-likeness (QED) is 0.716. The van der Waals surface area contributed by atoms with E-state index in [9.17, 15) is 22.4 Å². The third-order valence-corrected chi connectivity index (χ3v) is 4.93. The van der Waals surface area contributed by atoms with E-state index in [1.54, 1.807) is 18.2 Å². The average molecular weight is 393 g/mol. The van der Waals surface area contributed by atoms with E-state index in [-0.39, 0.29) is 36.3 Å². The van der Waals surface area contributed by atoms with E-state index < -0.39 is 27.7 Å². The van der Waals surface area contributed by atoms with Gasteiger partial charge in [0.15, 0.2) is 0 Å². The van der Waals surface area contributed by atoms with Crippen LogP contribution >= 0.6 is 0 Å². The highest BCUT2D eigenvalue weighted by atomic mass is 32.2. The number of carbonyl (C=O) groups is 2. The third kappa shape index (κ3) is 5.52. The summed E-state index contributed by atoms with van der Waals surface area (Å²) in [5, 5.41) is 2.57. The van der Waals surface area contributed by atoms with Gasteiger partial charge in [0.25, 0.3) is 5.91 Å². The minimum atomic E-state index is -3.71. The number of hydrogen-bond donors (Lipinski definition) is 2. The SMILES string of the molecule is CS(=O)(=O)N(CCCC(=O)Nc1ccccc1C(N)=O)c1ccccc1F. The Bertz CT molecular complexity index is 947. The molecule has 0 bridgehead atoms. The van der Waals surface area contributed by atoms with Crippen LogP contribution in [0.3, 0.4) is 0 Å². The summed E-state index contributed by atoms with van der Waals surface area (Å²) in [5.41, 5.74) is 5.64. The Morgan fingerprint density at radius 1 is 1.11 bits per heavy atom. The first kappa shape index (κ1) is 20.4. The number of amides is 2. The molecule has 27 heavy (non-hydrogen) atoms. The smallest absolute Gasteiger partial charge is 0.250 e. The number of primary amides is 1. The molecule has 0 saturated carbocycles. The summed E-state index contributed by atoms with van der Waals surface area (Å²) >= 11 is 0. The van der Waals surface area contributed by atoms with Crippen LogP contribution in [-0.4, -0.2) is 33.0 Å². The largest absolute Gasteiger partial charge is 0.366 e. The molecule has 2 aromatic carbocycles. The zero-order valence-electron chi connectivity index (χ0n) is 14.7. The molecule has 144 valence electrons. The maximum atomic E-state index is 13.9.